The van der Waals surface area contributed by atoms with Crippen LogP contribution in [0.25, 0.3) is 0 Å². The second kappa shape index (κ2) is 7.59. The first-order valence-electron chi connectivity index (χ1n) is 6.27. The lowest BCUT2D eigenvalue weighted by atomic mass is 10.2. The van der Waals surface area contributed by atoms with Gasteiger partial charge in [0.1, 0.15) is 0 Å². The van der Waals surface area contributed by atoms with Crippen molar-refractivity contribution in [2.24, 2.45) is 0 Å². The maximum atomic E-state index is 12.3. The quantitative estimate of drug-likeness (QED) is 0.776. The van der Waals surface area contributed by atoms with Crippen molar-refractivity contribution < 1.29 is 13.2 Å². The van der Waals surface area contributed by atoms with Crippen LogP contribution in [0.3, 0.4) is 0 Å². The van der Waals surface area contributed by atoms with Crippen molar-refractivity contribution in [3.05, 3.63) is 29.8 Å². The molecule has 0 aliphatic carbocycles. The molecule has 1 aromatic carbocycles. The van der Waals surface area contributed by atoms with Gasteiger partial charge in [-0.25, -0.2) is 8.42 Å². The van der Waals surface area contributed by atoms with Gasteiger partial charge in [-0.1, -0.05) is 19.1 Å². The van der Waals surface area contributed by atoms with E-state index in [4.69, 9.17) is 4.74 Å². The molecule has 0 spiro atoms. The third kappa shape index (κ3) is 4.58. The Kier molecular flexibility index (Phi) is 6.44. The van der Waals surface area contributed by atoms with Crippen LogP contribution in [0.4, 0.5) is 0 Å². The van der Waals surface area contributed by atoms with Crippen molar-refractivity contribution in [2.75, 3.05) is 33.9 Å². The Morgan fingerprint density at radius 1 is 1.37 bits per heavy atom. The number of nitrogens with one attached hydrogen (secondary N) is 1. The molecule has 0 aliphatic heterocycles. The number of rotatable bonds is 8. The lowest BCUT2D eigenvalue weighted by Gasteiger charge is -2.17. The van der Waals surface area contributed by atoms with Gasteiger partial charge in [0, 0.05) is 27.2 Å². The van der Waals surface area contributed by atoms with Crippen molar-refractivity contribution in [1.82, 2.24) is 9.62 Å². The summed E-state index contributed by atoms with van der Waals surface area (Å²) in [6, 6.07) is 7.01. The second-order valence-electron chi connectivity index (χ2n) is 4.25. The third-order valence-corrected chi connectivity index (χ3v) is 4.65. The number of ether oxygens (including phenoxy) is 1. The van der Waals surface area contributed by atoms with Gasteiger partial charge >= 0.3 is 0 Å². The summed E-state index contributed by atoms with van der Waals surface area (Å²) in [6.07, 6.45) is 0. The number of hydrogen-bond acceptors (Lipinski definition) is 4. The molecule has 5 nitrogen and oxygen atoms in total. The zero-order valence-corrected chi connectivity index (χ0v) is 12.5. The molecule has 0 heterocycles. The van der Waals surface area contributed by atoms with Gasteiger partial charge in [-0.15, -0.1) is 0 Å². The highest BCUT2D eigenvalue weighted by Crippen LogP contribution is 2.15. The van der Waals surface area contributed by atoms with E-state index in [-0.39, 0.29) is 0 Å². The van der Waals surface area contributed by atoms with Crippen LogP contribution in [0.5, 0.6) is 0 Å². The molecule has 6 heteroatoms. The molecule has 0 radical (unpaired) electrons. The standard InChI is InChI=1S/C13H22N2O3S/c1-4-14-11-12-6-5-7-13(10-12)19(16,17)15(2)8-9-18-3/h5-7,10,14H,4,8-9,11H2,1-3H3. The van der Waals surface area contributed by atoms with Gasteiger partial charge in [0.15, 0.2) is 0 Å². The average Bonchev–Trinajstić information content (AvgIpc) is 2.42. The Labute approximate surface area is 115 Å². The number of benzene rings is 1. The molecule has 0 aliphatic rings. The van der Waals surface area contributed by atoms with Gasteiger partial charge in [0.05, 0.1) is 11.5 Å². The molecule has 0 fully saturated rings. The van der Waals surface area contributed by atoms with Gasteiger partial charge < -0.3 is 10.1 Å². The first kappa shape index (κ1) is 16.1. The molecule has 0 bridgehead atoms. The van der Waals surface area contributed by atoms with E-state index in [9.17, 15) is 8.42 Å². The minimum atomic E-state index is -3.43. The van der Waals surface area contributed by atoms with Crippen LogP contribution in [0.2, 0.25) is 0 Å². The summed E-state index contributed by atoms with van der Waals surface area (Å²) in [5, 5.41) is 3.18. The number of sulfonamides is 1. The molecule has 1 rings (SSSR count). The second-order valence-corrected chi connectivity index (χ2v) is 6.29. The third-order valence-electron chi connectivity index (χ3n) is 2.80. The van der Waals surface area contributed by atoms with Crippen LogP contribution in [0, 0.1) is 0 Å². The Morgan fingerprint density at radius 2 is 2.11 bits per heavy atom. The normalized spacial score (nSPS) is 12.0. The van der Waals surface area contributed by atoms with Gasteiger partial charge in [-0.05, 0) is 24.2 Å². The first-order chi connectivity index (χ1) is 9.02. The van der Waals surface area contributed by atoms with Crippen molar-refractivity contribution in [3.8, 4) is 0 Å². The molecular weight excluding hydrogens is 264 g/mol. The first-order valence-corrected chi connectivity index (χ1v) is 7.71. The summed E-state index contributed by atoms with van der Waals surface area (Å²) in [5.74, 6) is 0. The number of hydrogen-bond donors (Lipinski definition) is 1. The highest BCUT2D eigenvalue weighted by atomic mass is 32.2. The number of nitrogens with zero attached hydrogens (tertiary/aromatic N) is 1. The monoisotopic (exact) mass is 286 g/mol. The molecule has 0 saturated carbocycles. The van der Waals surface area contributed by atoms with Gasteiger partial charge in [0.25, 0.3) is 0 Å². The van der Waals surface area contributed by atoms with Gasteiger partial charge in [-0.3, -0.25) is 0 Å². The van der Waals surface area contributed by atoms with E-state index in [1.54, 1.807) is 32.4 Å². The Balaban J connectivity index is 2.88. The number of methoxy groups -OCH3 is 1. The smallest absolute Gasteiger partial charge is 0.242 e. The van der Waals surface area contributed by atoms with Crippen LogP contribution in [-0.2, 0) is 21.3 Å². The molecule has 1 N–H and O–H groups in total. The Morgan fingerprint density at radius 3 is 2.74 bits per heavy atom. The molecule has 108 valence electrons. The van der Waals surface area contributed by atoms with Crippen molar-refractivity contribution >= 4 is 10.0 Å². The molecular formula is C13H22N2O3S. The molecule has 0 aromatic heterocycles. The van der Waals surface area contributed by atoms with Crippen molar-refractivity contribution in [3.63, 3.8) is 0 Å². The lowest BCUT2D eigenvalue weighted by molar-refractivity contribution is 0.185. The van der Waals surface area contributed by atoms with E-state index in [2.05, 4.69) is 5.32 Å². The maximum Gasteiger partial charge on any atom is 0.242 e. The number of likely N-dealkylation sites (N-methyl/N-ethyl adjacent to an activating group) is 1. The van der Waals surface area contributed by atoms with E-state index >= 15 is 0 Å². The molecule has 1 aromatic rings. The summed E-state index contributed by atoms with van der Waals surface area (Å²) >= 11 is 0. The van der Waals surface area contributed by atoms with E-state index in [0.717, 1.165) is 12.1 Å². The fourth-order valence-corrected chi connectivity index (χ4v) is 2.83. The van der Waals surface area contributed by atoms with E-state index in [1.807, 2.05) is 13.0 Å². The summed E-state index contributed by atoms with van der Waals surface area (Å²) in [7, 11) is -0.319. The predicted molar refractivity (Wildman–Crippen MR) is 75.5 cm³/mol. The SMILES string of the molecule is CCNCc1cccc(S(=O)(=O)N(C)CCOC)c1. The van der Waals surface area contributed by atoms with E-state index in [1.165, 1.54) is 4.31 Å². The van der Waals surface area contributed by atoms with Crippen LogP contribution in [-0.4, -0.2) is 46.6 Å². The largest absolute Gasteiger partial charge is 0.383 e. The van der Waals surface area contributed by atoms with Gasteiger partial charge in [0.2, 0.25) is 10.0 Å². The van der Waals surface area contributed by atoms with E-state index in [0.29, 0.717) is 24.6 Å². The lowest BCUT2D eigenvalue weighted by Crippen LogP contribution is -2.30. The fourth-order valence-electron chi connectivity index (χ4n) is 1.61. The molecule has 0 saturated heterocycles. The summed E-state index contributed by atoms with van der Waals surface area (Å²) in [4.78, 5) is 0.321. The minimum Gasteiger partial charge on any atom is -0.383 e. The van der Waals surface area contributed by atoms with Crippen LogP contribution < -0.4 is 5.32 Å². The van der Waals surface area contributed by atoms with E-state index < -0.39 is 10.0 Å². The van der Waals surface area contributed by atoms with Crippen molar-refractivity contribution in [1.29, 1.82) is 0 Å². The molecule has 0 unspecified atom stereocenters. The average molecular weight is 286 g/mol. The topological polar surface area (TPSA) is 58.6 Å². The summed E-state index contributed by atoms with van der Waals surface area (Å²) in [6.45, 7) is 4.26. The van der Waals surface area contributed by atoms with Crippen LogP contribution >= 0.6 is 0 Å². The van der Waals surface area contributed by atoms with Crippen molar-refractivity contribution in [2.45, 2.75) is 18.4 Å². The molecule has 0 amide bonds. The predicted octanol–water partition coefficient (Wildman–Crippen LogP) is 1.06. The maximum absolute atomic E-state index is 12.3. The highest BCUT2D eigenvalue weighted by molar-refractivity contribution is 7.89. The highest BCUT2D eigenvalue weighted by Gasteiger charge is 2.20. The molecule has 19 heavy (non-hydrogen) atoms. The summed E-state index contributed by atoms with van der Waals surface area (Å²) in [5.41, 5.74) is 0.961. The van der Waals surface area contributed by atoms with Crippen LogP contribution in [0.15, 0.2) is 29.2 Å². The van der Waals surface area contributed by atoms with Crippen LogP contribution in [0.1, 0.15) is 12.5 Å². The molecule has 0 atom stereocenters. The zero-order valence-electron chi connectivity index (χ0n) is 11.7. The Hall–Kier alpha value is -0.950. The zero-order chi connectivity index (χ0) is 14.3. The summed E-state index contributed by atoms with van der Waals surface area (Å²) < 4.78 is 30.8. The fraction of sp³-hybridized carbons (Fsp3) is 0.538. The van der Waals surface area contributed by atoms with Gasteiger partial charge in [-0.2, -0.15) is 4.31 Å². The Bertz CT molecular complexity index is 488. The minimum absolute atomic E-state index is 0.321.